The van der Waals surface area contributed by atoms with Crippen LogP contribution in [0.4, 0.5) is 0 Å². The molecule has 84 valence electrons. The van der Waals surface area contributed by atoms with Gasteiger partial charge in [0.1, 0.15) is 0 Å². The molecule has 0 spiro atoms. The van der Waals surface area contributed by atoms with Crippen LogP contribution in [0.1, 0.15) is 38.8 Å². The molecule has 1 aromatic rings. The van der Waals surface area contributed by atoms with Crippen LogP contribution in [0, 0.1) is 11.3 Å². The van der Waals surface area contributed by atoms with Gasteiger partial charge in [-0.15, -0.1) is 11.6 Å². The predicted octanol–water partition coefficient (Wildman–Crippen LogP) is 3.51. The zero-order chi connectivity index (χ0) is 10.9. The Kier molecular flexibility index (Phi) is 3.31. The number of hydrogen-bond donors (Lipinski definition) is 0. The van der Waals surface area contributed by atoms with E-state index in [1.54, 1.807) is 0 Å². The molecular formula is C11H17ClN2S. The molecule has 0 bridgehead atoms. The van der Waals surface area contributed by atoms with Crippen molar-refractivity contribution in [3.63, 3.8) is 0 Å². The average Bonchev–Trinajstić information content (AvgIpc) is 2.65. The molecule has 1 heterocycles. The molecular weight excluding hydrogens is 228 g/mol. The topological polar surface area (TPSA) is 25.8 Å². The monoisotopic (exact) mass is 244 g/mol. The van der Waals surface area contributed by atoms with Crippen molar-refractivity contribution in [3.05, 3.63) is 11.9 Å². The molecule has 15 heavy (non-hydrogen) atoms. The van der Waals surface area contributed by atoms with E-state index in [9.17, 15) is 0 Å². The first kappa shape index (κ1) is 11.3. The van der Waals surface area contributed by atoms with Gasteiger partial charge < -0.3 is 0 Å². The zero-order valence-corrected chi connectivity index (χ0v) is 10.8. The Morgan fingerprint density at radius 2 is 2.40 bits per heavy atom. The second-order valence-electron chi connectivity index (χ2n) is 5.16. The second-order valence-corrected chi connectivity index (χ2v) is 6.33. The fraction of sp³-hybridized carbons (Fsp3) is 0.818. The van der Waals surface area contributed by atoms with E-state index in [0.717, 1.165) is 25.0 Å². The third kappa shape index (κ3) is 2.70. The summed E-state index contributed by atoms with van der Waals surface area (Å²) in [5, 5.41) is 0.356. The van der Waals surface area contributed by atoms with Crippen molar-refractivity contribution in [2.24, 2.45) is 11.3 Å². The first-order valence-corrected chi connectivity index (χ1v) is 6.65. The van der Waals surface area contributed by atoms with E-state index in [2.05, 4.69) is 22.6 Å². The van der Waals surface area contributed by atoms with E-state index in [1.807, 2.05) is 6.20 Å². The molecule has 1 saturated carbocycles. The Balaban J connectivity index is 2.05. The normalized spacial score (nSPS) is 30.3. The minimum absolute atomic E-state index is 0.356. The summed E-state index contributed by atoms with van der Waals surface area (Å²) >= 11 is 7.54. The largest absolute Gasteiger partial charge is 0.181 e. The van der Waals surface area contributed by atoms with Crippen molar-refractivity contribution < 1.29 is 0 Å². The molecule has 0 aliphatic heterocycles. The molecule has 4 heteroatoms. The fourth-order valence-corrected chi connectivity index (χ4v) is 3.13. The third-order valence-electron chi connectivity index (χ3n) is 3.61. The Labute approximate surface area is 100 Å². The summed E-state index contributed by atoms with van der Waals surface area (Å²) in [6.07, 6.45) is 6.42. The fourth-order valence-electron chi connectivity index (χ4n) is 2.36. The molecule has 2 unspecified atom stereocenters. The van der Waals surface area contributed by atoms with Crippen molar-refractivity contribution in [2.45, 2.75) is 44.9 Å². The smallest absolute Gasteiger partial charge is 0.0746 e. The summed E-state index contributed by atoms with van der Waals surface area (Å²) in [4.78, 5) is 0. The Morgan fingerprint density at radius 1 is 1.60 bits per heavy atom. The van der Waals surface area contributed by atoms with Crippen molar-refractivity contribution in [1.29, 1.82) is 0 Å². The highest BCUT2D eigenvalue weighted by atomic mass is 35.5. The van der Waals surface area contributed by atoms with Crippen LogP contribution in [0.3, 0.4) is 0 Å². The number of alkyl halides is 1. The summed E-state index contributed by atoms with van der Waals surface area (Å²) in [6, 6.07) is 0. The van der Waals surface area contributed by atoms with E-state index in [1.165, 1.54) is 18.1 Å². The Bertz CT molecular complexity index is 310. The summed E-state index contributed by atoms with van der Waals surface area (Å²) in [6.45, 7) is 4.69. The molecule has 1 aromatic heterocycles. The minimum Gasteiger partial charge on any atom is -0.181 e. The number of aromatic nitrogens is 2. The van der Waals surface area contributed by atoms with Crippen molar-refractivity contribution >= 4 is 23.3 Å². The lowest BCUT2D eigenvalue weighted by atomic mass is 9.67. The lowest BCUT2D eigenvalue weighted by Crippen LogP contribution is -2.33. The SMILES string of the molecule is CC1(C)CCC(Cl)CC1Cc1cnsn1. The average molecular weight is 245 g/mol. The summed E-state index contributed by atoms with van der Waals surface area (Å²) in [5.41, 5.74) is 1.53. The molecule has 2 nitrogen and oxygen atoms in total. The van der Waals surface area contributed by atoms with E-state index in [0.29, 0.717) is 16.7 Å². The van der Waals surface area contributed by atoms with Crippen molar-refractivity contribution in [3.8, 4) is 0 Å². The van der Waals surface area contributed by atoms with Gasteiger partial charge in [-0.25, -0.2) is 0 Å². The van der Waals surface area contributed by atoms with Gasteiger partial charge in [0.15, 0.2) is 0 Å². The van der Waals surface area contributed by atoms with Gasteiger partial charge in [-0.3, -0.25) is 0 Å². The van der Waals surface area contributed by atoms with Gasteiger partial charge in [0.2, 0.25) is 0 Å². The Morgan fingerprint density at radius 3 is 3.07 bits per heavy atom. The number of hydrogen-bond acceptors (Lipinski definition) is 3. The zero-order valence-electron chi connectivity index (χ0n) is 9.24. The number of nitrogens with zero attached hydrogens (tertiary/aromatic N) is 2. The van der Waals surface area contributed by atoms with Crippen LogP contribution in [-0.2, 0) is 6.42 Å². The predicted molar refractivity (Wildman–Crippen MR) is 64.4 cm³/mol. The van der Waals surface area contributed by atoms with Gasteiger partial charge in [0, 0.05) is 5.38 Å². The van der Waals surface area contributed by atoms with Crippen LogP contribution in [0.15, 0.2) is 6.20 Å². The maximum absolute atomic E-state index is 6.25. The van der Waals surface area contributed by atoms with Crippen LogP contribution in [0.25, 0.3) is 0 Å². The summed E-state index contributed by atoms with van der Waals surface area (Å²) < 4.78 is 8.34. The van der Waals surface area contributed by atoms with Crippen LogP contribution >= 0.6 is 23.3 Å². The van der Waals surface area contributed by atoms with Gasteiger partial charge in [-0.05, 0) is 37.0 Å². The molecule has 0 N–H and O–H groups in total. The van der Waals surface area contributed by atoms with E-state index < -0.39 is 0 Å². The Hall–Kier alpha value is -0.150. The highest BCUT2D eigenvalue weighted by Crippen LogP contribution is 2.43. The van der Waals surface area contributed by atoms with Gasteiger partial charge in [0.05, 0.1) is 23.6 Å². The van der Waals surface area contributed by atoms with E-state index in [-0.39, 0.29) is 0 Å². The minimum atomic E-state index is 0.356. The van der Waals surface area contributed by atoms with Crippen LogP contribution in [0.2, 0.25) is 0 Å². The number of halogens is 1. The quantitative estimate of drug-likeness (QED) is 0.744. The maximum Gasteiger partial charge on any atom is 0.0746 e. The van der Waals surface area contributed by atoms with Crippen molar-refractivity contribution in [2.75, 3.05) is 0 Å². The highest BCUT2D eigenvalue weighted by Gasteiger charge is 2.35. The lowest BCUT2D eigenvalue weighted by molar-refractivity contribution is 0.139. The molecule has 0 radical (unpaired) electrons. The van der Waals surface area contributed by atoms with Crippen LogP contribution in [0.5, 0.6) is 0 Å². The number of rotatable bonds is 2. The molecule has 1 aliphatic rings. The molecule has 1 aliphatic carbocycles. The van der Waals surface area contributed by atoms with E-state index in [4.69, 9.17) is 11.6 Å². The van der Waals surface area contributed by atoms with Gasteiger partial charge >= 0.3 is 0 Å². The second kappa shape index (κ2) is 4.38. The lowest BCUT2D eigenvalue weighted by Gasteiger charge is -2.40. The third-order valence-corrected chi connectivity index (χ3v) is 4.52. The first-order valence-electron chi connectivity index (χ1n) is 5.48. The van der Waals surface area contributed by atoms with Crippen molar-refractivity contribution in [1.82, 2.24) is 8.75 Å². The van der Waals surface area contributed by atoms with Gasteiger partial charge in [0.25, 0.3) is 0 Å². The van der Waals surface area contributed by atoms with Crippen LogP contribution < -0.4 is 0 Å². The highest BCUT2D eigenvalue weighted by molar-refractivity contribution is 6.99. The standard InChI is InChI=1S/C11H17ClN2S/c1-11(2)4-3-9(12)5-8(11)6-10-7-13-15-14-10/h7-9H,3-6H2,1-2H3. The van der Waals surface area contributed by atoms with Gasteiger partial charge in [-0.1, -0.05) is 13.8 Å². The molecule has 2 atom stereocenters. The summed E-state index contributed by atoms with van der Waals surface area (Å²) in [5.74, 6) is 0.651. The van der Waals surface area contributed by atoms with Gasteiger partial charge in [-0.2, -0.15) is 8.75 Å². The van der Waals surface area contributed by atoms with E-state index >= 15 is 0 Å². The molecule has 0 saturated heterocycles. The summed E-state index contributed by atoms with van der Waals surface area (Å²) in [7, 11) is 0. The first-order chi connectivity index (χ1) is 7.08. The van der Waals surface area contributed by atoms with Crippen LogP contribution in [-0.4, -0.2) is 14.1 Å². The molecule has 0 amide bonds. The molecule has 2 rings (SSSR count). The maximum atomic E-state index is 6.25. The molecule has 1 fully saturated rings. The molecule has 0 aromatic carbocycles.